The number of nitrogens with one attached hydrogen (secondary N) is 1. The Labute approximate surface area is 95.9 Å². The van der Waals surface area contributed by atoms with Crippen LogP contribution in [0.5, 0.6) is 0 Å². The largest absolute Gasteiger partial charge is 0.465 e. The summed E-state index contributed by atoms with van der Waals surface area (Å²) in [4.78, 5) is 0. The molecule has 0 saturated carbocycles. The molecule has 0 aliphatic heterocycles. The van der Waals surface area contributed by atoms with E-state index in [-0.39, 0.29) is 12.6 Å². The predicted octanol–water partition coefficient (Wildman–Crippen LogP) is 1.28. The lowest BCUT2D eigenvalue weighted by molar-refractivity contribution is 0.150. The lowest BCUT2D eigenvalue weighted by Crippen LogP contribution is -2.34. The SMILES string of the molecule is COCC(CCO)NC/C=C/c1ccco1. The smallest absolute Gasteiger partial charge is 0.126 e. The van der Waals surface area contributed by atoms with Crippen LogP contribution >= 0.6 is 0 Å². The van der Waals surface area contributed by atoms with Gasteiger partial charge in [-0.15, -0.1) is 0 Å². The average molecular weight is 225 g/mol. The van der Waals surface area contributed by atoms with Crippen LogP contribution in [0, 0.1) is 0 Å². The third kappa shape index (κ3) is 5.11. The molecule has 0 saturated heterocycles. The standard InChI is InChI=1S/C12H19NO3/c1-15-10-11(6-8-14)13-7-2-4-12-5-3-9-16-12/h2-5,9,11,13-14H,6-8,10H2,1H3/b4-2+. The molecule has 4 heteroatoms. The summed E-state index contributed by atoms with van der Waals surface area (Å²) in [5.41, 5.74) is 0. The minimum atomic E-state index is 0.170. The van der Waals surface area contributed by atoms with Gasteiger partial charge < -0.3 is 19.6 Å². The fourth-order valence-corrected chi connectivity index (χ4v) is 1.40. The first-order valence-electron chi connectivity index (χ1n) is 5.40. The van der Waals surface area contributed by atoms with Gasteiger partial charge in [0.15, 0.2) is 0 Å². The summed E-state index contributed by atoms with van der Waals surface area (Å²) in [5.74, 6) is 0.840. The second-order valence-electron chi connectivity index (χ2n) is 3.49. The molecule has 0 bridgehead atoms. The van der Waals surface area contributed by atoms with Gasteiger partial charge in [-0.1, -0.05) is 6.08 Å². The second-order valence-corrected chi connectivity index (χ2v) is 3.49. The number of hydrogen-bond acceptors (Lipinski definition) is 4. The van der Waals surface area contributed by atoms with Gasteiger partial charge in [0.1, 0.15) is 5.76 Å². The number of furan rings is 1. The van der Waals surface area contributed by atoms with Gasteiger partial charge in [-0.2, -0.15) is 0 Å². The molecule has 0 aromatic carbocycles. The fourth-order valence-electron chi connectivity index (χ4n) is 1.40. The van der Waals surface area contributed by atoms with Crippen LogP contribution in [0.3, 0.4) is 0 Å². The highest BCUT2D eigenvalue weighted by Gasteiger charge is 2.04. The molecule has 1 atom stereocenters. The zero-order valence-corrected chi connectivity index (χ0v) is 9.56. The molecule has 1 rings (SSSR count). The molecular formula is C12H19NO3. The van der Waals surface area contributed by atoms with E-state index < -0.39 is 0 Å². The van der Waals surface area contributed by atoms with Crippen LogP contribution in [0.25, 0.3) is 6.08 Å². The summed E-state index contributed by atoms with van der Waals surface area (Å²) in [6.45, 7) is 1.51. The highest BCUT2D eigenvalue weighted by molar-refractivity contribution is 5.42. The van der Waals surface area contributed by atoms with Crippen molar-refractivity contribution in [3.8, 4) is 0 Å². The third-order valence-corrected chi connectivity index (χ3v) is 2.20. The third-order valence-electron chi connectivity index (χ3n) is 2.20. The van der Waals surface area contributed by atoms with Crippen LogP contribution in [-0.4, -0.2) is 38.0 Å². The van der Waals surface area contributed by atoms with E-state index >= 15 is 0 Å². The quantitative estimate of drug-likeness (QED) is 0.699. The fraction of sp³-hybridized carbons (Fsp3) is 0.500. The molecule has 1 heterocycles. The van der Waals surface area contributed by atoms with Crippen molar-refractivity contribution >= 4 is 6.08 Å². The van der Waals surface area contributed by atoms with Gasteiger partial charge in [0, 0.05) is 26.3 Å². The lowest BCUT2D eigenvalue weighted by Gasteiger charge is -2.15. The molecule has 0 fully saturated rings. The summed E-state index contributed by atoms with van der Waals surface area (Å²) in [6, 6.07) is 3.94. The molecule has 0 spiro atoms. The van der Waals surface area contributed by atoms with Crippen molar-refractivity contribution in [1.29, 1.82) is 0 Å². The van der Waals surface area contributed by atoms with E-state index in [0.717, 1.165) is 12.3 Å². The number of rotatable bonds is 8. The highest BCUT2D eigenvalue weighted by atomic mass is 16.5. The normalized spacial score (nSPS) is 13.4. The molecule has 4 nitrogen and oxygen atoms in total. The highest BCUT2D eigenvalue weighted by Crippen LogP contribution is 2.01. The number of hydrogen-bond donors (Lipinski definition) is 2. The van der Waals surface area contributed by atoms with E-state index in [1.54, 1.807) is 13.4 Å². The van der Waals surface area contributed by atoms with Crippen LogP contribution in [0.15, 0.2) is 28.9 Å². The Morgan fingerprint density at radius 2 is 2.50 bits per heavy atom. The Morgan fingerprint density at radius 1 is 1.62 bits per heavy atom. The van der Waals surface area contributed by atoms with E-state index in [2.05, 4.69) is 5.32 Å². The number of ether oxygens (including phenoxy) is 1. The number of aliphatic hydroxyl groups excluding tert-OH is 1. The molecule has 1 aromatic rings. The van der Waals surface area contributed by atoms with Crippen molar-refractivity contribution < 1.29 is 14.3 Å². The van der Waals surface area contributed by atoms with E-state index in [1.807, 2.05) is 24.3 Å². The molecule has 0 aliphatic carbocycles. The lowest BCUT2D eigenvalue weighted by atomic mass is 10.2. The van der Waals surface area contributed by atoms with Crippen molar-refractivity contribution in [3.63, 3.8) is 0 Å². The maximum atomic E-state index is 8.84. The van der Waals surface area contributed by atoms with Crippen molar-refractivity contribution in [1.82, 2.24) is 5.32 Å². The van der Waals surface area contributed by atoms with Crippen molar-refractivity contribution in [2.24, 2.45) is 0 Å². The van der Waals surface area contributed by atoms with Gasteiger partial charge in [0.25, 0.3) is 0 Å². The average Bonchev–Trinajstić information content (AvgIpc) is 2.78. The summed E-state index contributed by atoms with van der Waals surface area (Å²) >= 11 is 0. The summed E-state index contributed by atoms with van der Waals surface area (Å²) in [7, 11) is 1.66. The molecule has 0 amide bonds. The molecule has 1 aromatic heterocycles. The first kappa shape index (κ1) is 13.0. The van der Waals surface area contributed by atoms with Gasteiger partial charge >= 0.3 is 0 Å². The number of methoxy groups -OCH3 is 1. The molecule has 1 unspecified atom stereocenters. The number of aliphatic hydroxyl groups is 1. The van der Waals surface area contributed by atoms with Gasteiger partial charge in [-0.05, 0) is 24.6 Å². The summed E-state index contributed by atoms with van der Waals surface area (Å²) < 4.78 is 10.2. The molecular weight excluding hydrogens is 206 g/mol. The van der Waals surface area contributed by atoms with Crippen molar-refractivity contribution in [3.05, 3.63) is 30.2 Å². The summed E-state index contributed by atoms with van der Waals surface area (Å²) in [6.07, 6.45) is 6.24. The topological polar surface area (TPSA) is 54.6 Å². The molecule has 16 heavy (non-hydrogen) atoms. The minimum absolute atomic E-state index is 0.170. The Balaban J connectivity index is 2.21. The minimum Gasteiger partial charge on any atom is -0.465 e. The van der Waals surface area contributed by atoms with Gasteiger partial charge in [-0.3, -0.25) is 0 Å². The van der Waals surface area contributed by atoms with Crippen LogP contribution < -0.4 is 5.32 Å². The van der Waals surface area contributed by atoms with Gasteiger partial charge in [0.2, 0.25) is 0 Å². The summed E-state index contributed by atoms with van der Waals surface area (Å²) in [5, 5.41) is 12.1. The van der Waals surface area contributed by atoms with Gasteiger partial charge in [0.05, 0.1) is 12.9 Å². The zero-order valence-electron chi connectivity index (χ0n) is 9.56. The van der Waals surface area contributed by atoms with E-state index in [1.165, 1.54) is 0 Å². The maximum Gasteiger partial charge on any atom is 0.126 e. The molecule has 2 N–H and O–H groups in total. The van der Waals surface area contributed by atoms with Crippen LogP contribution in [-0.2, 0) is 4.74 Å². The zero-order chi connectivity index (χ0) is 11.6. The Hall–Kier alpha value is -1.10. The Bertz CT molecular complexity index is 276. The van der Waals surface area contributed by atoms with E-state index in [9.17, 15) is 0 Å². The van der Waals surface area contributed by atoms with E-state index in [4.69, 9.17) is 14.3 Å². The first-order chi connectivity index (χ1) is 7.86. The molecule has 0 radical (unpaired) electrons. The van der Waals surface area contributed by atoms with Crippen LogP contribution in [0.2, 0.25) is 0 Å². The van der Waals surface area contributed by atoms with Gasteiger partial charge in [-0.25, -0.2) is 0 Å². The molecule has 0 aliphatic rings. The Morgan fingerprint density at radius 3 is 3.12 bits per heavy atom. The predicted molar refractivity (Wildman–Crippen MR) is 63.1 cm³/mol. The Kier molecular flexibility index (Phi) is 6.56. The van der Waals surface area contributed by atoms with E-state index in [0.29, 0.717) is 13.0 Å². The van der Waals surface area contributed by atoms with Crippen LogP contribution in [0.4, 0.5) is 0 Å². The molecule has 90 valence electrons. The second kappa shape index (κ2) is 8.10. The monoisotopic (exact) mass is 225 g/mol. The maximum absolute atomic E-state index is 8.84. The van der Waals surface area contributed by atoms with Crippen molar-refractivity contribution in [2.45, 2.75) is 12.5 Å². The van der Waals surface area contributed by atoms with Crippen LogP contribution in [0.1, 0.15) is 12.2 Å². The van der Waals surface area contributed by atoms with Crippen molar-refractivity contribution in [2.75, 3.05) is 26.9 Å². The first-order valence-corrected chi connectivity index (χ1v) is 5.40.